The summed E-state index contributed by atoms with van der Waals surface area (Å²) in [6.07, 6.45) is 7.05. The molecule has 1 heterocycles. The molecule has 3 heteroatoms. The van der Waals surface area contributed by atoms with E-state index in [0.717, 1.165) is 71.7 Å². The van der Waals surface area contributed by atoms with E-state index in [2.05, 4.69) is 99.6 Å². The Balaban J connectivity index is 0.000000732. The number of pyridine rings is 1. The fourth-order valence-corrected chi connectivity index (χ4v) is 5.62. The fourth-order valence-electron chi connectivity index (χ4n) is 5.62. The zero-order valence-corrected chi connectivity index (χ0v) is 25.8. The Bertz CT molecular complexity index is 1120. The molecule has 1 aromatic carbocycles. The summed E-state index contributed by atoms with van der Waals surface area (Å²) >= 11 is 0. The summed E-state index contributed by atoms with van der Waals surface area (Å²) in [6.45, 7) is 22.0. The van der Waals surface area contributed by atoms with Gasteiger partial charge in [-0.2, -0.15) is 0 Å². The van der Waals surface area contributed by atoms with E-state index < -0.39 is 12.2 Å². The van der Waals surface area contributed by atoms with Gasteiger partial charge in [0.05, 0.1) is 6.10 Å². The molecule has 0 aliphatic heterocycles. The van der Waals surface area contributed by atoms with Gasteiger partial charge in [-0.25, -0.2) is 0 Å². The molecule has 4 rings (SSSR count). The molecule has 0 fully saturated rings. The summed E-state index contributed by atoms with van der Waals surface area (Å²) in [5.41, 5.74) is 8.42. The van der Waals surface area contributed by atoms with Gasteiger partial charge in [-0.1, -0.05) is 106 Å². The van der Waals surface area contributed by atoms with Crippen LogP contribution >= 0.6 is 0 Å². The molecule has 0 bridgehead atoms. The predicted molar refractivity (Wildman–Crippen MR) is 162 cm³/mol. The normalized spacial score (nSPS) is 19.6. The highest BCUT2D eigenvalue weighted by Crippen LogP contribution is 2.48. The Hall–Kier alpha value is -1.97. The highest BCUT2D eigenvalue weighted by molar-refractivity contribution is 5.75. The average Bonchev–Trinajstić information content (AvgIpc) is 3.36. The van der Waals surface area contributed by atoms with Crippen LogP contribution in [0.15, 0.2) is 30.3 Å². The monoisotopic (exact) mass is 519 g/mol. The predicted octanol–water partition coefficient (Wildman–Crippen LogP) is 9.21. The maximum Gasteiger partial charge on any atom is 0.106 e. The third-order valence-electron chi connectivity index (χ3n) is 8.20. The molecule has 3 nitrogen and oxygen atoms in total. The fraction of sp³-hybridized carbons (Fsp3) is 0.629. The van der Waals surface area contributed by atoms with Crippen LogP contribution in [0.25, 0.3) is 5.57 Å². The summed E-state index contributed by atoms with van der Waals surface area (Å²) < 4.78 is 0. The summed E-state index contributed by atoms with van der Waals surface area (Å²) in [5, 5.41) is 23.1. The van der Waals surface area contributed by atoms with Crippen molar-refractivity contribution in [2.45, 2.75) is 131 Å². The van der Waals surface area contributed by atoms with Crippen LogP contribution < -0.4 is 0 Å². The van der Waals surface area contributed by atoms with Crippen molar-refractivity contribution in [1.82, 2.24) is 4.98 Å². The van der Waals surface area contributed by atoms with Crippen molar-refractivity contribution in [3.8, 4) is 0 Å². The van der Waals surface area contributed by atoms with Gasteiger partial charge in [-0.3, -0.25) is 4.98 Å². The smallest absolute Gasteiger partial charge is 0.106 e. The number of fused-ring (bicyclic) bond motifs is 1. The Labute approximate surface area is 232 Å². The van der Waals surface area contributed by atoms with Gasteiger partial charge in [-0.15, -0.1) is 0 Å². The van der Waals surface area contributed by atoms with Crippen molar-refractivity contribution < 1.29 is 10.2 Å². The molecule has 210 valence electrons. The molecule has 2 atom stereocenters. The summed E-state index contributed by atoms with van der Waals surface area (Å²) in [4.78, 5) is 5.15. The van der Waals surface area contributed by atoms with Crippen LogP contribution in [0.1, 0.15) is 159 Å². The third-order valence-corrected chi connectivity index (χ3v) is 8.20. The number of hydrogen-bond acceptors (Lipinski definition) is 3. The SMILES string of the molecule is CC(C)c1nc2c(c(C3=CCCC3)c1C(O)c1ccc(C(C)(C)C)cc1)C(O)CC(C)(C)C2.CCC(C)C. The van der Waals surface area contributed by atoms with E-state index in [-0.39, 0.29) is 16.7 Å². The van der Waals surface area contributed by atoms with Crippen LogP contribution in [-0.2, 0) is 11.8 Å². The zero-order valence-electron chi connectivity index (χ0n) is 25.8. The van der Waals surface area contributed by atoms with Gasteiger partial charge in [0.1, 0.15) is 6.10 Å². The van der Waals surface area contributed by atoms with E-state index in [1.54, 1.807) is 0 Å². The van der Waals surface area contributed by atoms with Crippen molar-refractivity contribution in [2.24, 2.45) is 11.3 Å². The van der Waals surface area contributed by atoms with Gasteiger partial charge >= 0.3 is 0 Å². The van der Waals surface area contributed by atoms with Gasteiger partial charge in [-0.05, 0) is 77.0 Å². The van der Waals surface area contributed by atoms with Gasteiger partial charge in [0, 0.05) is 22.5 Å². The summed E-state index contributed by atoms with van der Waals surface area (Å²) in [5.74, 6) is 1.06. The molecular formula is C35H53NO2. The first kappa shape index (κ1) is 30.6. The number of allylic oxidation sites excluding steroid dienone is 2. The molecule has 0 radical (unpaired) electrons. The quantitative estimate of drug-likeness (QED) is 0.414. The molecule has 2 unspecified atom stereocenters. The Morgan fingerprint density at radius 3 is 2.13 bits per heavy atom. The lowest BCUT2D eigenvalue weighted by molar-refractivity contribution is 0.0972. The number of aromatic nitrogens is 1. The Morgan fingerprint density at radius 1 is 1.05 bits per heavy atom. The largest absolute Gasteiger partial charge is 0.388 e. The van der Waals surface area contributed by atoms with Crippen molar-refractivity contribution in [3.05, 3.63) is 69.5 Å². The molecule has 2 aromatic rings. The van der Waals surface area contributed by atoms with Crippen LogP contribution in [0.5, 0.6) is 0 Å². The van der Waals surface area contributed by atoms with Gasteiger partial charge < -0.3 is 10.2 Å². The number of nitrogens with zero attached hydrogens (tertiary/aromatic N) is 1. The van der Waals surface area contributed by atoms with E-state index in [9.17, 15) is 10.2 Å². The molecule has 0 saturated heterocycles. The van der Waals surface area contributed by atoms with E-state index in [1.165, 1.54) is 17.6 Å². The maximum absolute atomic E-state index is 11.8. The minimum absolute atomic E-state index is 0.0118. The van der Waals surface area contributed by atoms with E-state index in [0.29, 0.717) is 0 Å². The van der Waals surface area contributed by atoms with Crippen LogP contribution in [0.4, 0.5) is 0 Å². The first-order valence-electron chi connectivity index (χ1n) is 14.9. The molecular weight excluding hydrogens is 466 g/mol. The zero-order chi connectivity index (χ0) is 28.4. The van der Waals surface area contributed by atoms with Gasteiger partial charge in [0.15, 0.2) is 0 Å². The second-order valence-electron chi connectivity index (χ2n) is 14.1. The van der Waals surface area contributed by atoms with Crippen molar-refractivity contribution >= 4 is 5.57 Å². The van der Waals surface area contributed by atoms with Crippen molar-refractivity contribution in [3.63, 3.8) is 0 Å². The van der Waals surface area contributed by atoms with Crippen LogP contribution in [0, 0.1) is 11.3 Å². The second kappa shape index (κ2) is 12.0. The topological polar surface area (TPSA) is 53.4 Å². The highest BCUT2D eigenvalue weighted by Gasteiger charge is 2.38. The van der Waals surface area contributed by atoms with Crippen LogP contribution in [0.2, 0.25) is 0 Å². The third kappa shape index (κ3) is 6.96. The van der Waals surface area contributed by atoms with Crippen LogP contribution in [0.3, 0.4) is 0 Å². The van der Waals surface area contributed by atoms with Gasteiger partial charge in [0.25, 0.3) is 0 Å². The highest BCUT2D eigenvalue weighted by atomic mass is 16.3. The molecule has 2 aliphatic carbocycles. The van der Waals surface area contributed by atoms with Gasteiger partial charge in [0.2, 0.25) is 0 Å². The van der Waals surface area contributed by atoms with Crippen molar-refractivity contribution in [1.29, 1.82) is 0 Å². The molecule has 1 aromatic heterocycles. The molecule has 0 spiro atoms. The number of rotatable bonds is 5. The minimum atomic E-state index is -0.771. The summed E-state index contributed by atoms with van der Waals surface area (Å²) in [6, 6.07) is 8.37. The molecule has 2 aliphatic rings. The van der Waals surface area contributed by atoms with E-state index >= 15 is 0 Å². The van der Waals surface area contributed by atoms with E-state index in [1.807, 2.05) is 0 Å². The lowest BCUT2D eigenvalue weighted by atomic mass is 9.71. The standard InChI is InChI=1S/C30H41NO2.C5H12/c1-18(2)27-26(28(33)20-12-14-21(15-13-20)29(3,4)5)24(19-10-8-9-11-19)25-22(31-27)16-30(6,7)17-23(25)32;1-4-5(2)3/h10,12-15,18,23,28,32-33H,8-9,11,16-17H2,1-7H3;5H,4H2,1-3H3. The molecule has 38 heavy (non-hydrogen) atoms. The number of aliphatic hydroxyl groups excluding tert-OH is 2. The lowest BCUT2D eigenvalue weighted by Gasteiger charge is -2.37. The first-order valence-corrected chi connectivity index (χ1v) is 14.9. The number of benzene rings is 1. The molecule has 2 N–H and O–H groups in total. The molecule has 0 saturated carbocycles. The number of aliphatic hydroxyl groups is 2. The first-order chi connectivity index (χ1) is 17.7. The number of hydrogen-bond donors (Lipinski definition) is 2. The average molecular weight is 520 g/mol. The second-order valence-corrected chi connectivity index (χ2v) is 14.1. The maximum atomic E-state index is 11.8. The minimum Gasteiger partial charge on any atom is -0.388 e. The Morgan fingerprint density at radius 2 is 1.66 bits per heavy atom. The molecule has 0 amide bonds. The van der Waals surface area contributed by atoms with Crippen LogP contribution in [-0.4, -0.2) is 15.2 Å². The Kier molecular flexibility index (Phi) is 9.69. The lowest BCUT2D eigenvalue weighted by Crippen LogP contribution is -2.29. The summed E-state index contributed by atoms with van der Waals surface area (Å²) in [7, 11) is 0. The van der Waals surface area contributed by atoms with E-state index in [4.69, 9.17) is 4.98 Å². The van der Waals surface area contributed by atoms with Crippen molar-refractivity contribution in [2.75, 3.05) is 0 Å².